The molecule has 2 atom stereocenters. The zero-order valence-corrected chi connectivity index (χ0v) is 14.9. The summed E-state index contributed by atoms with van der Waals surface area (Å²) in [6.45, 7) is 2.09. The quantitative estimate of drug-likeness (QED) is 0.535. The van der Waals surface area contributed by atoms with Gasteiger partial charge in [-0.15, -0.1) is 0 Å². The Labute approximate surface area is 143 Å². The van der Waals surface area contributed by atoms with Crippen LogP contribution in [0.15, 0.2) is 23.1 Å². The largest absolute Gasteiger partial charge is 0.481 e. The zero-order valence-electron chi connectivity index (χ0n) is 14.1. The van der Waals surface area contributed by atoms with Crippen LogP contribution in [-0.2, 0) is 14.9 Å². The van der Waals surface area contributed by atoms with E-state index in [1.807, 2.05) is 6.07 Å². The highest BCUT2D eigenvalue weighted by atomic mass is 32.2. The number of rotatable bonds is 8. The number of benzene rings is 1. The van der Waals surface area contributed by atoms with Crippen molar-refractivity contribution >= 4 is 16.1 Å². The summed E-state index contributed by atoms with van der Waals surface area (Å²) in [5.41, 5.74) is 2.24. The van der Waals surface area contributed by atoms with Crippen LogP contribution in [0.2, 0.25) is 0 Å². The van der Waals surface area contributed by atoms with Crippen molar-refractivity contribution in [2.24, 2.45) is 0 Å². The van der Waals surface area contributed by atoms with Crippen molar-refractivity contribution in [2.75, 3.05) is 0 Å². The Morgan fingerprint density at radius 2 is 1.83 bits per heavy atom. The van der Waals surface area contributed by atoms with Gasteiger partial charge in [-0.3, -0.25) is 9.35 Å². The predicted octanol–water partition coefficient (Wildman–Crippen LogP) is 4.34. The van der Waals surface area contributed by atoms with Gasteiger partial charge in [0.2, 0.25) is 0 Å². The van der Waals surface area contributed by atoms with Gasteiger partial charge in [0.15, 0.2) is 0 Å². The number of carbonyl (C=O) groups is 1. The van der Waals surface area contributed by atoms with Crippen LogP contribution in [0.1, 0.15) is 81.3 Å². The van der Waals surface area contributed by atoms with Crippen LogP contribution in [0, 0.1) is 0 Å². The molecule has 2 N–H and O–H groups in total. The highest BCUT2D eigenvalue weighted by Crippen LogP contribution is 2.41. The number of carboxylic acids is 1. The average Bonchev–Trinajstić information content (AvgIpc) is 2.51. The molecule has 0 bridgehead atoms. The molecule has 24 heavy (non-hydrogen) atoms. The summed E-state index contributed by atoms with van der Waals surface area (Å²) in [5.74, 6) is -0.0144. The van der Waals surface area contributed by atoms with Crippen LogP contribution in [0.5, 0.6) is 0 Å². The molecule has 0 aliphatic heterocycles. The fraction of sp³-hybridized carbons (Fsp3) is 0.611. The standard InChI is InChI=1S/C18H26O5S/c1-13-8-9-14(6-4-2-3-5-7-18(19)20)16-11-10-15(12-17(13)16)24(21,22)23/h10-14H,2-9H2,1H3,(H,19,20)(H,21,22,23). The van der Waals surface area contributed by atoms with Crippen molar-refractivity contribution in [1.82, 2.24) is 0 Å². The lowest BCUT2D eigenvalue weighted by atomic mass is 9.75. The first-order chi connectivity index (χ1) is 11.3. The van der Waals surface area contributed by atoms with Gasteiger partial charge in [0.05, 0.1) is 4.90 Å². The van der Waals surface area contributed by atoms with Gasteiger partial charge in [-0.1, -0.05) is 32.3 Å². The van der Waals surface area contributed by atoms with Crippen LogP contribution in [-0.4, -0.2) is 24.0 Å². The van der Waals surface area contributed by atoms with Crippen molar-refractivity contribution in [3.8, 4) is 0 Å². The summed E-state index contributed by atoms with van der Waals surface area (Å²) < 4.78 is 31.9. The number of aliphatic carboxylic acids is 1. The van der Waals surface area contributed by atoms with Crippen molar-refractivity contribution in [2.45, 2.75) is 75.0 Å². The summed E-state index contributed by atoms with van der Waals surface area (Å²) >= 11 is 0. The molecule has 0 radical (unpaired) electrons. The zero-order chi connectivity index (χ0) is 17.7. The summed E-state index contributed by atoms with van der Waals surface area (Å²) in [4.78, 5) is 10.5. The third-order valence-electron chi connectivity index (χ3n) is 4.97. The first-order valence-electron chi connectivity index (χ1n) is 8.62. The third kappa shape index (κ3) is 5.05. The van der Waals surface area contributed by atoms with Gasteiger partial charge in [-0.05, 0) is 60.8 Å². The van der Waals surface area contributed by atoms with Gasteiger partial charge < -0.3 is 5.11 Å². The molecule has 134 valence electrons. The molecule has 6 heteroatoms. The lowest BCUT2D eigenvalue weighted by Gasteiger charge is -2.30. The predicted molar refractivity (Wildman–Crippen MR) is 92.0 cm³/mol. The second-order valence-electron chi connectivity index (χ2n) is 6.79. The molecule has 0 aromatic heterocycles. The van der Waals surface area contributed by atoms with Crippen molar-refractivity contribution in [1.29, 1.82) is 0 Å². The maximum absolute atomic E-state index is 11.3. The molecular weight excluding hydrogens is 328 g/mol. The van der Waals surface area contributed by atoms with E-state index in [0.29, 0.717) is 11.8 Å². The third-order valence-corrected chi connectivity index (χ3v) is 5.82. The molecule has 2 unspecified atom stereocenters. The van der Waals surface area contributed by atoms with Gasteiger partial charge >= 0.3 is 5.97 Å². The van der Waals surface area contributed by atoms with E-state index >= 15 is 0 Å². The number of unbranched alkanes of at least 4 members (excludes halogenated alkanes) is 3. The van der Waals surface area contributed by atoms with Crippen LogP contribution in [0.3, 0.4) is 0 Å². The van der Waals surface area contributed by atoms with Gasteiger partial charge in [-0.25, -0.2) is 0 Å². The highest BCUT2D eigenvalue weighted by Gasteiger charge is 2.26. The van der Waals surface area contributed by atoms with Crippen molar-refractivity contribution in [3.63, 3.8) is 0 Å². The van der Waals surface area contributed by atoms with E-state index in [1.165, 1.54) is 11.6 Å². The van der Waals surface area contributed by atoms with E-state index < -0.39 is 16.1 Å². The maximum Gasteiger partial charge on any atom is 0.303 e. The molecule has 5 nitrogen and oxygen atoms in total. The van der Waals surface area contributed by atoms with Crippen molar-refractivity contribution in [3.05, 3.63) is 29.3 Å². The fourth-order valence-electron chi connectivity index (χ4n) is 3.59. The molecule has 1 aliphatic carbocycles. The molecule has 0 heterocycles. The van der Waals surface area contributed by atoms with Gasteiger partial charge in [0, 0.05) is 6.42 Å². The van der Waals surface area contributed by atoms with Crippen LogP contribution in [0.4, 0.5) is 0 Å². The van der Waals surface area contributed by atoms with Crippen LogP contribution >= 0.6 is 0 Å². The Balaban J connectivity index is 1.97. The van der Waals surface area contributed by atoms with Gasteiger partial charge in [-0.2, -0.15) is 8.42 Å². The summed E-state index contributed by atoms with van der Waals surface area (Å²) in [7, 11) is -4.16. The van der Waals surface area contributed by atoms with Crippen molar-refractivity contribution < 1.29 is 22.9 Å². The van der Waals surface area contributed by atoms with E-state index in [-0.39, 0.29) is 11.3 Å². The number of fused-ring (bicyclic) bond motifs is 1. The second-order valence-corrected chi connectivity index (χ2v) is 8.21. The smallest absolute Gasteiger partial charge is 0.303 e. The molecule has 1 aliphatic rings. The van der Waals surface area contributed by atoms with E-state index in [0.717, 1.165) is 50.5 Å². The first kappa shape index (κ1) is 18.9. The van der Waals surface area contributed by atoms with E-state index in [4.69, 9.17) is 5.11 Å². The minimum atomic E-state index is -4.16. The second kappa shape index (κ2) is 8.12. The lowest BCUT2D eigenvalue weighted by molar-refractivity contribution is -0.137. The lowest BCUT2D eigenvalue weighted by Crippen LogP contribution is -2.14. The molecule has 0 amide bonds. The number of hydrogen-bond acceptors (Lipinski definition) is 3. The molecule has 1 aromatic rings. The summed E-state index contributed by atoms with van der Waals surface area (Å²) in [6.07, 6.45) is 7.13. The minimum absolute atomic E-state index is 0.0255. The monoisotopic (exact) mass is 354 g/mol. The Kier molecular flexibility index (Phi) is 6.40. The number of carboxylic acid groups (broad SMARTS) is 1. The summed E-state index contributed by atoms with van der Waals surface area (Å²) in [6, 6.07) is 4.96. The molecule has 0 fully saturated rings. The van der Waals surface area contributed by atoms with Crippen LogP contribution in [0.25, 0.3) is 0 Å². The average molecular weight is 354 g/mol. The SMILES string of the molecule is CC1CCC(CCCCCCC(=O)O)c2ccc(S(=O)(=O)O)cc21. The van der Waals surface area contributed by atoms with Gasteiger partial charge in [0.25, 0.3) is 10.1 Å². The summed E-state index contributed by atoms with van der Waals surface area (Å²) in [5, 5.41) is 8.63. The fourth-order valence-corrected chi connectivity index (χ4v) is 4.11. The Bertz CT molecular complexity index is 681. The topological polar surface area (TPSA) is 91.7 Å². The highest BCUT2D eigenvalue weighted by molar-refractivity contribution is 7.85. The Hall–Kier alpha value is -1.40. The Morgan fingerprint density at radius 1 is 1.12 bits per heavy atom. The maximum atomic E-state index is 11.3. The molecule has 0 spiro atoms. The molecule has 2 rings (SSSR count). The minimum Gasteiger partial charge on any atom is -0.481 e. The molecule has 1 aromatic carbocycles. The molecule has 0 saturated carbocycles. The van der Waals surface area contributed by atoms with E-state index in [2.05, 4.69) is 6.92 Å². The number of hydrogen-bond donors (Lipinski definition) is 2. The normalized spacial score (nSPS) is 20.6. The molecule has 0 saturated heterocycles. The van der Waals surface area contributed by atoms with E-state index in [9.17, 15) is 17.8 Å². The Morgan fingerprint density at radius 3 is 2.50 bits per heavy atom. The van der Waals surface area contributed by atoms with Gasteiger partial charge in [0.1, 0.15) is 0 Å². The first-order valence-corrected chi connectivity index (χ1v) is 10.1. The molecular formula is C18H26O5S. The van der Waals surface area contributed by atoms with E-state index in [1.54, 1.807) is 6.07 Å². The van der Waals surface area contributed by atoms with Crippen LogP contribution < -0.4 is 0 Å².